The molecule has 0 atom stereocenters. The van der Waals surface area contributed by atoms with Crippen LogP contribution in [0, 0.1) is 5.92 Å². The fraction of sp³-hybridized carbons (Fsp3) is 0.400. The molecule has 0 unspecified atom stereocenters. The first-order chi connectivity index (χ1) is 10.2. The smallest absolute Gasteiger partial charge is 0.0896 e. The monoisotopic (exact) mass is 280 g/mol. The summed E-state index contributed by atoms with van der Waals surface area (Å²) in [5, 5.41) is 10.9. The topological polar surface area (TPSA) is 20.2 Å². The van der Waals surface area contributed by atoms with E-state index in [0.29, 0.717) is 0 Å². The molecule has 1 heteroatoms. The quantitative estimate of drug-likeness (QED) is 0.825. The number of aliphatic hydroxyl groups is 1. The van der Waals surface area contributed by atoms with E-state index in [1.54, 1.807) is 0 Å². The van der Waals surface area contributed by atoms with Crippen molar-refractivity contribution in [1.82, 2.24) is 0 Å². The number of hydrogen-bond donors (Lipinski definition) is 1. The van der Waals surface area contributed by atoms with Crippen LogP contribution in [0.25, 0.3) is 11.1 Å². The Hall–Kier alpha value is -1.60. The molecule has 2 aromatic rings. The molecule has 3 rings (SSSR count). The van der Waals surface area contributed by atoms with Gasteiger partial charge in [-0.2, -0.15) is 0 Å². The summed E-state index contributed by atoms with van der Waals surface area (Å²) < 4.78 is 0. The van der Waals surface area contributed by atoms with Crippen molar-refractivity contribution in [3.05, 3.63) is 60.2 Å². The Morgan fingerprint density at radius 2 is 1.48 bits per heavy atom. The van der Waals surface area contributed by atoms with Gasteiger partial charge in [-0.3, -0.25) is 0 Å². The maximum absolute atomic E-state index is 10.9. The molecule has 0 heterocycles. The van der Waals surface area contributed by atoms with Gasteiger partial charge in [-0.15, -0.1) is 0 Å². The summed E-state index contributed by atoms with van der Waals surface area (Å²) in [6.07, 6.45) is 5.33. The Morgan fingerprint density at radius 3 is 2.05 bits per heavy atom. The molecule has 21 heavy (non-hydrogen) atoms. The highest BCUT2D eigenvalue weighted by molar-refractivity contribution is 5.63. The second-order valence-corrected chi connectivity index (χ2v) is 6.33. The Labute approximate surface area is 127 Å². The van der Waals surface area contributed by atoms with Crippen molar-refractivity contribution in [2.24, 2.45) is 5.92 Å². The molecular weight excluding hydrogens is 256 g/mol. The molecule has 1 aliphatic rings. The fourth-order valence-electron chi connectivity index (χ4n) is 3.46. The molecule has 1 aliphatic carbocycles. The van der Waals surface area contributed by atoms with Gasteiger partial charge in [0.05, 0.1) is 5.60 Å². The molecule has 0 spiro atoms. The summed E-state index contributed by atoms with van der Waals surface area (Å²) in [5.41, 5.74) is 2.91. The minimum Gasteiger partial charge on any atom is -0.385 e. The summed E-state index contributed by atoms with van der Waals surface area (Å²) in [7, 11) is 0. The lowest BCUT2D eigenvalue weighted by atomic mass is 9.74. The highest BCUT2D eigenvalue weighted by Gasteiger charge is 2.34. The van der Waals surface area contributed by atoms with E-state index >= 15 is 0 Å². The van der Waals surface area contributed by atoms with Crippen LogP contribution < -0.4 is 0 Å². The first kappa shape index (κ1) is 14.3. The Balaban J connectivity index is 1.78. The molecular formula is C20H24O. The standard InChI is InChI=1S/C20H24O/c1-2-16-12-14-20(21,15-13-16)19-10-8-18(9-11-19)17-6-4-3-5-7-17/h3-11,16,21H,2,12-15H2,1H3. The highest BCUT2D eigenvalue weighted by atomic mass is 16.3. The zero-order valence-corrected chi connectivity index (χ0v) is 12.8. The van der Waals surface area contributed by atoms with Crippen LogP contribution in [0.15, 0.2) is 54.6 Å². The summed E-state index contributed by atoms with van der Waals surface area (Å²) in [4.78, 5) is 0. The fourth-order valence-corrected chi connectivity index (χ4v) is 3.46. The Morgan fingerprint density at radius 1 is 0.905 bits per heavy atom. The average molecular weight is 280 g/mol. The summed E-state index contributed by atoms with van der Waals surface area (Å²) in [5.74, 6) is 0.800. The van der Waals surface area contributed by atoms with Gasteiger partial charge in [0.1, 0.15) is 0 Å². The molecule has 0 radical (unpaired) electrons. The SMILES string of the molecule is CCC1CCC(O)(c2ccc(-c3ccccc3)cc2)CC1. The van der Waals surface area contributed by atoms with Crippen molar-refractivity contribution in [3.8, 4) is 11.1 Å². The largest absolute Gasteiger partial charge is 0.385 e. The molecule has 1 N–H and O–H groups in total. The molecule has 0 aromatic heterocycles. The highest BCUT2D eigenvalue weighted by Crippen LogP contribution is 2.40. The lowest BCUT2D eigenvalue weighted by Crippen LogP contribution is -2.31. The maximum atomic E-state index is 10.9. The van der Waals surface area contributed by atoms with Crippen LogP contribution in [0.2, 0.25) is 0 Å². The van der Waals surface area contributed by atoms with Crippen LogP contribution in [0.5, 0.6) is 0 Å². The summed E-state index contributed by atoms with van der Waals surface area (Å²) >= 11 is 0. The maximum Gasteiger partial charge on any atom is 0.0896 e. The molecule has 0 bridgehead atoms. The first-order valence-corrected chi connectivity index (χ1v) is 8.09. The minimum atomic E-state index is -0.610. The van der Waals surface area contributed by atoms with Crippen molar-refractivity contribution in [2.45, 2.75) is 44.6 Å². The summed E-state index contributed by atoms with van der Waals surface area (Å²) in [6, 6.07) is 18.9. The molecule has 2 aromatic carbocycles. The number of hydrogen-bond acceptors (Lipinski definition) is 1. The average Bonchev–Trinajstić information content (AvgIpc) is 2.57. The van der Waals surface area contributed by atoms with Crippen molar-refractivity contribution >= 4 is 0 Å². The predicted octanol–water partition coefficient (Wildman–Crippen LogP) is 5.14. The van der Waals surface area contributed by atoms with Crippen LogP contribution in [-0.4, -0.2) is 5.11 Å². The Bertz CT molecular complexity index is 563. The second-order valence-electron chi connectivity index (χ2n) is 6.33. The van der Waals surface area contributed by atoms with Gasteiger partial charge < -0.3 is 5.11 Å². The van der Waals surface area contributed by atoms with E-state index in [-0.39, 0.29) is 0 Å². The van der Waals surface area contributed by atoms with Crippen LogP contribution in [0.4, 0.5) is 0 Å². The molecule has 110 valence electrons. The van der Waals surface area contributed by atoms with E-state index in [0.717, 1.165) is 37.2 Å². The van der Waals surface area contributed by atoms with Gasteiger partial charge in [0.2, 0.25) is 0 Å². The molecule has 1 nitrogen and oxygen atoms in total. The molecule has 1 saturated carbocycles. The van der Waals surface area contributed by atoms with Crippen molar-refractivity contribution in [1.29, 1.82) is 0 Å². The van der Waals surface area contributed by atoms with Crippen LogP contribution in [0.1, 0.15) is 44.6 Å². The van der Waals surface area contributed by atoms with E-state index < -0.39 is 5.60 Å². The predicted molar refractivity (Wildman–Crippen MR) is 88.0 cm³/mol. The molecule has 0 amide bonds. The van der Waals surface area contributed by atoms with Gasteiger partial charge in [-0.25, -0.2) is 0 Å². The van der Waals surface area contributed by atoms with E-state index in [4.69, 9.17) is 0 Å². The van der Waals surface area contributed by atoms with Gasteiger partial charge in [0.25, 0.3) is 0 Å². The molecule has 0 saturated heterocycles. The van der Waals surface area contributed by atoms with E-state index in [9.17, 15) is 5.11 Å². The van der Waals surface area contributed by atoms with E-state index in [1.165, 1.54) is 17.5 Å². The van der Waals surface area contributed by atoms with Gasteiger partial charge in [0, 0.05) is 0 Å². The molecule has 0 aliphatic heterocycles. The minimum absolute atomic E-state index is 0.610. The number of rotatable bonds is 3. The van der Waals surface area contributed by atoms with Gasteiger partial charge in [-0.05, 0) is 48.3 Å². The lowest BCUT2D eigenvalue weighted by Gasteiger charge is -2.36. The third kappa shape index (κ3) is 3.03. The van der Waals surface area contributed by atoms with Crippen molar-refractivity contribution < 1.29 is 5.11 Å². The molecule has 1 fully saturated rings. The van der Waals surface area contributed by atoms with Gasteiger partial charge in [0.15, 0.2) is 0 Å². The normalized spacial score (nSPS) is 25.7. The number of benzene rings is 2. The third-order valence-electron chi connectivity index (χ3n) is 5.04. The van der Waals surface area contributed by atoms with E-state index in [2.05, 4.69) is 55.5 Å². The zero-order valence-electron chi connectivity index (χ0n) is 12.8. The first-order valence-electron chi connectivity index (χ1n) is 8.09. The zero-order chi connectivity index (χ0) is 14.7. The van der Waals surface area contributed by atoms with Gasteiger partial charge in [-0.1, -0.05) is 67.9 Å². The van der Waals surface area contributed by atoms with Crippen molar-refractivity contribution in [3.63, 3.8) is 0 Å². The second kappa shape index (κ2) is 6.03. The van der Waals surface area contributed by atoms with Crippen LogP contribution in [0.3, 0.4) is 0 Å². The Kier molecular flexibility index (Phi) is 4.12. The van der Waals surface area contributed by atoms with Crippen molar-refractivity contribution in [2.75, 3.05) is 0 Å². The summed E-state index contributed by atoms with van der Waals surface area (Å²) in [6.45, 7) is 2.25. The van der Waals surface area contributed by atoms with E-state index in [1.807, 2.05) is 6.07 Å². The van der Waals surface area contributed by atoms with Gasteiger partial charge >= 0.3 is 0 Å². The van der Waals surface area contributed by atoms with Crippen LogP contribution in [-0.2, 0) is 5.60 Å². The third-order valence-corrected chi connectivity index (χ3v) is 5.04. The van der Waals surface area contributed by atoms with Crippen LogP contribution >= 0.6 is 0 Å². The lowest BCUT2D eigenvalue weighted by molar-refractivity contribution is -0.0145.